The van der Waals surface area contributed by atoms with E-state index in [1.54, 1.807) is 0 Å². The fraction of sp³-hybridized carbons (Fsp3) is 0.684. The summed E-state index contributed by atoms with van der Waals surface area (Å²) in [5.41, 5.74) is 0. The molecule has 0 spiro atoms. The maximum atomic E-state index is 5.78. The van der Waals surface area contributed by atoms with Crippen molar-refractivity contribution in [3.05, 3.63) is 30.3 Å². The van der Waals surface area contributed by atoms with Crippen molar-refractivity contribution in [1.29, 1.82) is 0 Å². The van der Waals surface area contributed by atoms with E-state index in [1.807, 2.05) is 30.3 Å². The van der Waals surface area contributed by atoms with Crippen molar-refractivity contribution in [2.75, 3.05) is 13.2 Å². The van der Waals surface area contributed by atoms with Crippen molar-refractivity contribution >= 4 is 0 Å². The summed E-state index contributed by atoms with van der Waals surface area (Å²) < 4.78 is 11.4. The number of hydrogen-bond acceptors (Lipinski definition) is 2. The van der Waals surface area contributed by atoms with Gasteiger partial charge in [0.2, 0.25) is 0 Å². The van der Waals surface area contributed by atoms with Gasteiger partial charge in [0.25, 0.3) is 0 Å². The van der Waals surface area contributed by atoms with Crippen LogP contribution < -0.4 is 4.74 Å². The van der Waals surface area contributed by atoms with Crippen molar-refractivity contribution in [2.24, 2.45) is 0 Å². The molecule has 120 valence electrons. The van der Waals surface area contributed by atoms with E-state index in [2.05, 4.69) is 13.8 Å². The molecule has 21 heavy (non-hydrogen) atoms. The molecule has 0 fully saturated rings. The molecular formula is C19H32O2. The summed E-state index contributed by atoms with van der Waals surface area (Å²) in [6, 6.07) is 9.91. The quantitative estimate of drug-likeness (QED) is 0.440. The molecule has 1 aromatic rings. The molecular weight excluding hydrogens is 260 g/mol. The van der Waals surface area contributed by atoms with E-state index in [9.17, 15) is 0 Å². The lowest BCUT2D eigenvalue weighted by Crippen LogP contribution is -2.14. The zero-order valence-electron chi connectivity index (χ0n) is 13.9. The summed E-state index contributed by atoms with van der Waals surface area (Å²) in [5.74, 6) is 0.917. The molecule has 2 nitrogen and oxygen atoms in total. The predicted octanol–water partition coefficient (Wildman–Crippen LogP) is 5.61. The second-order valence-electron chi connectivity index (χ2n) is 5.75. The van der Waals surface area contributed by atoms with Crippen LogP contribution >= 0.6 is 0 Å². The van der Waals surface area contributed by atoms with Gasteiger partial charge in [0.15, 0.2) is 0 Å². The monoisotopic (exact) mass is 292 g/mol. The topological polar surface area (TPSA) is 18.5 Å². The molecule has 0 heterocycles. The molecule has 0 amide bonds. The van der Waals surface area contributed by atoms with Gasteiger partial charge in [0.1, 0.15) is 12.4 Å². The SMILES string of the molecule is CCCCCCCCCC(C)OCCOc1ccccc1. The van der Waals surface area contributed by atoms with Crippen LogP contribution in [0.4, 0.5) is 0 Å². The molecule has 0 aromatic heterocycles. The first kappa shape index (κ1) is 18.0. The summed E-state index contributed by atoms with van der Waals surface area (Å²) in [5, 5.41) is 0. The Morgan fingerprint density at radius 2 is 1.52 bits per heavy atom. The highest BCUT2D eigenvalue weighted by Gasteiger charge is 2.02. The van der Waals surface area contributed by atoms with Crippen molar-refractivity contribution in [3.8, 4) is 5.75 Å². The molecule has 0 saturated carbocycles. The first-order valence-corrected chi connectivity index (χ1v) is 8.62. The number of unbranched alkanes of at least 4 members (excludes halogenated alkanes) is 6. The minimum absolute atomic E-state index is 0.347. The number of ether oxygens (including phenoxy) is 2. The highest BCUT2D eigenvalue weighted by atomic mass is 16.5. The van der Waals surface area contributed by atoms with E-state index >= 15 is 0 Å². The molecule has 1 rings (SSSR count). The molecule has 1 aromatic carbocycles. The molecule has 0 bridgehead atoms. The Morgan fingerprint density at radius 1 is 0.857 bits per heavy atom. The molecule has 0 radical (unpaired) electrons. The predicted molar refractivity (Wildman–Crippen MR) is 90.0 cm³/mol. The molecule has 0 aliphatic heterocycles. The lowest BCUT2D eigenvalue weighted by molar-refractivity contribution is 0.0384. The van der Waals surface area contributed by atoms with Gasteiger partial charge < -0.3 is 9.47 Å². The average Bonchev–Trinajstić information content (AvgIpc) is 2.52. The molecule has 2 heteroatoms. The Kier molecular flexibility index (Phi) is 10.9. The Labute approximate surface area is 130 Å². The van der Waals surface area contributed by atoms with Crippen molar-refractivity contribution < 1.29 is 9.47 Å². The van der Waals surface area contributed by atoms with Gasteiger partial charge in [-0.3, -0.25) is 0 Å². The smallest absolute Gasteiger partial charge is 0.119 e. The van der Waals surface area contributed by atoms with Crippen molar-refractivity contribution in [3.63, 3.8) is 0 Å². The van der Waals surface area contributed by atoms with Crippen LogP contribution in [0, 0.1) is 0 Å². The molecule has 0 aliphatic carbocycles. The Bertz CT molecular complexity index is 324. The number of benzene rings is 1. The van der Waals surface area contributed by atoms with Gasteiger partial charge in [0.05, 0.1) is 12.7 Å². The first-order valence-electron chi connectivity index (χ1n) is 8.62. The van der Waals surface area contributed by atoms with Crippen LogP contribution in [0.15, 0.2) is 30.3 Å². The third kappa shape index (κ3) is 10.4. The molecule has 0 aliphatic rings. The highest BCUT2D eigenvalue weighted by molar-refractivity contribution is 5.20. The molecule has 1 unspecified atom stereocenters. The average molecular weight is 292 g/mol. The fourth-order valence-corrected chi connectivity index (χ4v) is 2.40. The maximum Gasteiger partial charge on any atom is 0.119 e. The maximum absolute atomic E-state index is 5.78. The van der Waals surface area contributed by atoms with Crippen LogP contribution in [0.3, 0.4) is 0 Å². The summed E-state index contributed by atoms with van der Waals surface area (Å²) in [7, 11) is 0. The lowest BCUT2D eigenvalue weighted by Gasteiger charge is -2.13. The normalized spacial score (nSPS) is 12.3. The van der Waals surface area contributed by atoms with Crippen molar-refractivity contribution in [1.82, 2.24) is 0 Å². The summed E-state index contributed by atoms with van der Waals surface area (Å²) >= 11 is 0. The van der Waals surface area contributed by atoms with E-state index in [0.29, 0.717) is 19.3 Å². The van der Waals surface area contributed by atoms with Gasteiger partial charge in [-0.25, -0.2) is 0 Å². The third-order valence-corrected chi connectivity index (χ3v) is 3.71. The van der Waals surface area contributed by atoms with Gasteiger partial charge in [-0.15, -0.1) is 0 Å². The number of hydrogen-bond donors (Lipinski definition) is 0. The zero-order chi connectivity index (χ0) is 15.2. The standard InChI is InChI=1S/C19H32O2/c1-3-4-5-6-7-8-10-13-18(2)20-16-17-21-19-14-11-9-12-15-19/h9,11-12,14-15,18H,3-8,10,13,16-17H2,1-2H3. The molecule has 1 atom stereocenters. The van der Waals surface area contributed by atoms with Crippen molar-refractivity contribution in [2.45, 2.75) is 71.3 Å². The third-order valence-electron chi connectivity index (χ3n) is 3.71. The Balaban J connectivity index is 1.88. The summed E-state index contributed by atoms with van der Waals surface area (Å²) in [4.78, 5) is 0. The highest BCUT2D eigenvalue weighted by Crippen LogP contribution is 2.11. The molecule has 0 N–H and O–H groups in total. The largest absolute Gasteiger partial charge is 0.491 e. The van der Waals surface area contributed by atoms with Gasteiger partial charge >= 0.3 is 0 Å². The first-order chi connectivity index (χ1) is 10.3. The van der Waals surface area contributed by atoms with Crippen LogP contribution in [0.1, 0.15) is 65.2 Å². The minimum Gasteiger partial charge on any atom is -0.491 e. The second-order valence-corrected chi connectivity index (χ2v) is 5.75. The van der Waals surface area contributed by atoms with E-state index in [0.717, 1.165) is 5.75 Å². The minimum atomic E-state index is 0.347. The van der Waals surface area contributed by atoms with Crippen LogP contribution in [-0.4, -0.2) is 19.3 Å². The fourth-order valence-electron chi connectivity index (χ4n) is 2.40. The van der Waals surface area contributed by atoms with E-state index in [-0.39, 0.29) is 0 Å². The van der Waals surface area contributed by atoms with Gasteiger partial charge in [-0.05, 0) is 25.5 Å². The lowest BCUT2D eigenvalue weighted by atomic mass is 10.1. The summed E-state index contributed by atoms with van der Waals surface area (Å²) in [6.45, 7) is 5.73. The van der Waals surface area contributed by atoms with Crippen LogP contribution in [0.2, 0.25) is 0 Å². The molecule has 0 saturated heterocycles. The van der Waals surface area contributed by atoms with Gasteiger partial charge in [-0.2, -0.15) is 0 Å². The zero-order valence-corrected chi connectivity index (χ0v) is 13.9. The van der Waals surface area contributed by atoms with E-state index in [1.165, 1.54) is 51.4 Å². The second kappa shape index (κ2) is 12.7. The van der Waals surface area contributed by atoms with Crippen LogP contribution in [-0.2, 0) is 4.74 Å². The Hall–Kier alpha value is -1.02. The van der Waals surface area contributed by atoms with Crippen LogP contribution in [0.25, 0.3) is 0 Å². The van der Waals surface area contributed by atoms with Crippen LogP contribution in [0.5, 0.6) is 5.75 Å². The Morgan fingerprint density at radius 3 is 2.24 bits per heavy atom. The number of para-hydroxylation sites is 1. The van der Waals surface area contributed by atoms with Gasteiger partial charge in [0, 0.05) is 0 Å². The van der Waals surface area contributed by atoms with E-state index < -0.39 is 0 Å². The number of rotatable bonds is 13. The van der Waals surface area contributed by atoms with Gasteiger partial charge in [-0.1, -0.05) is 70.1 Å². The van der Waals surface area contributed by atoms with E-state index in [4.69, 9.17) is 9.47 Å². The summed E-state index contributed by atoms with van der Waals surface area (Å²) in [6.07, 6.45) is 11.0.